The Hall–Kier alpha value is -1.54. The second-order valence-electron chi connectivity index (χ2n) is 6.18. The molecule has 24 heavy (non-hydrogen) atoms. The van der Waals surface area contributed by atoms with E-state index >= 15 is 0 Å². The van der Waals surface area contributed by atoms with Crippen LogP contribution in [0.25, 0.3) is 0 Å². The quantitative estimate of drug-likeness (QED) is 0.697. The molecule has 1 aliphatic heterocycles. The van der Waals surface area contributed by atoms with Crippen LogP contribution < -0.4 is 5.32 Å². The number of nitrogens with zero attached hydrogens (tertiary/aromatic N) is 2. The Morgan fingerprint density at radius 1 is 1.50 bits per heavy atom. The summed E-state index contributed by atoms with van der Waals surface area (Å²) < 4.78 is 10.6. The van der Waals surface area contributed by atoms with Gasteiger partial charge in [-0.05, 0) is 19.2 Å². The number of ether oxygens (including phenoxy) is 2. The fraction of sp³-hybridized carbons (Fsp3) is 0.647. The van der Waals surface area contributed by atoms with E-state index in [1.54, 1.807) is 13.3 Å². The molecule has 0 spiro atoms. The fourth-order valence-electron chi connectivity index (χ4n) is 2.70. The standard InChI is InChI=1S/C17H27N3O4/c1-20(10-14-5-3-4-7-18-14)8-6-16(21)19-9-13-11-24-12-15(23-2)17(13)22/h3-5,7,13,15,17,22H,6,8-12H2,1-2H3,(H,19,21)/t13-,15-,17+/m1/s1. The van der Waals surface area contributed by atoms with Gasteiger partial charge in [-0.3, -0.25) is 9.78 Å². The van der Waals surface area contributed by atoms with Gasteiger partial charge < -0.3 is 24.8 Å². The Labute approximate surface area is 143 Å². The van der Waals surface area contributed by atoms with Crippen molar-refractivity contribution in [3.8, 4) is 0 Å². The summed E-state index contributed by atoms with van der Waals surface area (Å²) in [7, 11) is 3.51. The molecule has 0 bridgehead atoms. The van der Waals surface area contributed by atoms with Gasteiger partial charge in [0.2, 0.25) is 5.91 Å². The molecule has 7 nitrogen and oxygen atoms in total. The van der Waals surface area contributed by atoms with Crippen LogP contribution in [0.3, 0.4) is 0 Å². The maximum atomic E-state index is 12.0. The number of pyridine rings is 1. The van der Waals surface area contributed by atoms with Gasteiger partial charge in [-0.25, -0.2) is 0 Å². The first-order valence-corrected chi connectivity index (χ1v) is 8.24. The molecule has 1 aromatic heterocycles. The molecule has 1 fully saturated rings. The average molecular weight is 337 g/mol. The summed E-state index contributed by atoms with van der Waals surface area (Å²) in [5.74, 6) is -0.173. The number of hydrogen-bond donors (Lipinski definition) is 2. The normalized spacial score (nSPS) is 24.1. The number of rotatable bonds is 8. The lowest BCUT2D eigenvalue weighted by Gasteiger charge is -2.33. The lowest BCUT2D eigenvalue weighted by molar-refractivity contribution is -0.136. The highest BCUT2D eigenvalue weighted by Crippen LogP contribution is 2.16. The maximum absolute atomic E-state index is 12.0. The van der Waals surface area contributed by atoms with Gasteiger partial charge in [0.05, 0.1) is 25.0 Å². The van der Waals surface area contributed by atoms with Gasteiger partial charge in [0.15, 0.2) is 0 Å². The van der Waals surface area contributed by atoms with Crippen LogP contribution in [0.4, 0.5) is 0 Å². The highest BCUT2D eigenvalue weighted by atomic mass is 16.5. The zero-order chi connectivity index (χ0) is 17.4. The van der Waals surface area contributed by atoms with Crippen molar-refractivity contribution in [1.82, 2.24) is 15.2 Å². The van der Waals surface area contributed by atoms with E-state index in [2.05, 4.69) is 15.2 Å². The molecular weight excluding hydrogens is 310 g/mol. The summed E-state index contributed by atoms with van der Waals surface area (Å²) in [6.07, 6.45) is 1.22. The van der Waals surface area contributed by atoms with E-state index in [1.807, 2.05) is 25.2 Å². The van der Waals surface area contributed by atoms with Crippen molar-refractivity contribution >= 4 is 5.91 Å². The molecule has 0 saturated carbocycles. The van der Waals surface area contributed by atoms with Crippen molar-refractivity contribution < 1.29 is 19.4 Å². The summed E-state index contributed by atoms with van der Waals surface area (Å²) in [4.78, 5) is 18.3. The van der Waals surface area contributed by atoms with E-state index < -0.39 is 6.10 Å². The third kappa shape index (κ3) is 5.83. The summed E-state index contributed by atoms with van der Waals surface area (Å²) >= 11 is 0. The predicted molar refractivity (Wildman–Crippen MR) is 89.3 cm³/mol. The minimum atomic E-state index is -0.615. The molecule has 1 aliphatic rings. The van der Waals surface area contributed by atoms with Crippen molar-refractivity contribution in [3.63, 3.8) is 0 Å². The molecule has 7 heteroatoms. The van der Waals surface area contributed by atoms with Crippen LogP contribution in [-0.2, 0) is 20.8 Å². The number of nitrogens with one attached hydrogen (secondary N) is 1. The van der Waals surface area contributed by atoms with Crippen molar-refractivity contribution in [2.75, 3.05) is 40.5 Å². The van der Waals surface area contributed by atoms with Crippen LogP contribution in [0.5, 0.6) is 0 Å². The van der Waals surface area contributed by atoms with E-state index in [4.69, 9.17) is 9.47 Å². The summed E-state index contributed by atoms with van der Waals surface area (Å²) in [5.41, 5.74) is 0.980. The highest BCUT2D eigenvalue weighted by molar-refractivity contribution is 5.76. The molecule has 3 atom stereocenters. The minimum absolute atomic E-state index is 0.0328. The Bertz CT molecular complexity index is 500. The number of methoxy groups -OCH3 is 1. The van der Waals surface area contributed by atoms with Crippen LogP contribution in [0.1, 0.15) is 12.1 Å². The number of carbonyl (C=O) groups is 1. The third-order valence-corrected chi connectivity index (χ3v) is 4.22. The lowest BCUT2D eigenvalue weighted by atomic mass is 9.96. The number of aromatic nitrogens is 1. The van der Waals surface area contributed by atoms with E-state index in [9.17, 15) is 9.90 Å². The average Bonchev–Trinajstić information content (AvgIpc) is 2.60. The van der Waals surface area contributed by atoms with Gasteiger partial charge in [-0.15, -0.1) is 0 Å². The van der Waals surface area contributed by atoms with Gasteiger partial charge >= 0.3 is 0 Å². The molecule has 0 unspecified atom stereocenters. The smallest absolute Gasteiger partial charge is 0.221 e. The minimum Gasteiger partial charge on any atom is -0.390 e. The molecule has 0 aliphatic carbocycles. The molecule has 1 aromatic rings. The third-order valence-electron chi connectivity index (χ3n) is 4.22. The van der Waals surface area contributed by atoms with Crippen molar-refractivity contribution in [1.29, 1.82) is 0 Å². The molecule has 0 radical (unpaired) electrons. The molecule has 134 valence electrons. The van der Waals surface area contributed by atoms with Gasteiger partial charge in [-0.1, -0.05) is 6.07 Å². The maximum Gasteiger partial charge on any atom is 0.221 e. The van der Waals surface area contributed by atoms with Crippen molar-refractivity contribution in [2.24, 2.45) is 5.92 Å². The van der Waals surface area contributed by atoms with Gasteiger partial charge in [-0.2, -0.15) is 0 Å². The van der Waals surface area contributed by atoms with E-state index in [1.165, 1.54) is 0 Å². The van der Waals surface area contributed by atoms with Crippen LogP contribution >= 0.6 is 0 Å². The van der Waals surface area contributed by atoms with E-state index in [0.29, 0.717) is 39.3 Å². The van der Waals surface area contributed by atoms with Crippen LogP contribution in [-0.4, -0.2) is 73.6 Å². The molecule has 2 N–H and O–H groups in total. The molecular formula is C17H27N3O4. The SMILES string of the molecule is CO[C@@H]1COC[C@@H](CNC(=O)CCN(C)Cc2ccccn2)[C@@H]1O. The van der Waals surface area contributed by atoms with E-state index in [-0.39, 0.29) is 17.9 Å². The number of aliphatic hydroxyl groups excluding tert-OH is 1. The van der Waals surface area contributed by atoms with Gasteiger partial charge in [0.1, 0.15) is 6.10 Å². The first kappa shape index (κ1) is 18.8. The number of amides is 1. The zero-order valence-corrected chi connectivity index (χ0v) is 14.4. The van der Waals surface area contributed by atoms with Gasteiger partial charge in [0, 0.05) is 45.3 Å². The zero-order valence-electron chi connectivity index (χ0n) is 14.4. The highest BCUT2D eigenvalue weighted by Gasteiger charge is 2.32. The topological polar surface area (TPSA) is 83.9 Å². The second kappa shape index (κ2) is 9.68. The van der Waals surface area contributed by atoms with Gasteiger partial charge in [0.25, 0.3) is 0 Å². The Morgan fingerprint density at radius 3 is 3.04 bits per heavy atom. The van der Waals surface area contributed by atoms with Crippen LogP contribution in [0, 0.1) is 5.92 Å². The molecule has 1 amide bonds. The van der Waals surface area contributed by atoms with E-state index in [0.717, 1.165) is 5.69 Å². The second-order valence-corrected chi connectivity index (χ2v) is 6.18. The predicted octanol–water partition coefficient (Wildman–Crippen LogP) is 0.0420. The molecule has 0 aromatic carbocycles. The molecule has 2 rings (SSSR count). The fourth-order valence-corrected chi connectivity index (χ4v) is 2.70. The number of aliphatic hydroxyl groups is 1. The van der Waals surface area contributed by atoms with Crippen molar-refractivity contribution in [3.05, 3.63) is 30.1 Å². The monoisotopic (exact) mass is 337 g/mol. The molecule has 1 saturated heterocycles. The largest absolute Gasteiger partial charge is 0.390 e. The Kier molecular flexibility index (Phi) is 7.58. The first-order valence-electron chi connectivity index (χ1n) is 8.24. The Morgan fingerprint density at radius 2 is 2.33 bits per heavy atom. The van der Waals surface area contributed by atoms with Crippen LogP contribution in [0.2, 0.25) is 0 Å². The first-order chi connectivity index (χ1) is 11.6. The summed E-state index contributed by atoms with van der Waals surface area (Å²) in [6, 6.07) is 5.80. The summed E-state index contributed by atoms with van der Waals surface area (Å²) in [6.45, 7) is 2.57. The molecule has 2 heterocycles. The Balaban J connectivity index is 1.66. The number of carbonyl (C=O) groups excluding carboxylic acids is 1. The number of hydrogen-bond acceptors (Lipinski definition) is 6. The lowest BCUT2D eigenvalue weighted by Crippen LogP contribution is -2.49. The van der Waals surface area contributed by atoms with Crippen molar-refractivity contribution in [2.45, 2.75) is 25.2 Å². The summed E-state index contributed by atoms with van der Waals surface area (Å²) in [5, 5.41) is 13.0. The van der Waals surface area contributed by atoms with Crippen LogP contribution in [0.15, 0.2) is 24.4 Å².